The van der Waals surface area contributed by atoms with Crippen molar-refractivity contribution < 1.29 is 9.90 Å². The van der Waals surface area contributed by atoms with E-state index in [0.29, 0.717) is 0 Å². The molecule has 0 aromatic carbocycles. The normalized spacial score (nSPS) is 10.3. The summed E-state index contributed by atoms with van der Waals surface area (Å²) in [6.45, 7) is 3.80. The van der Waals surface area contributed by atoms with Crippen molar-refractivity contribution in [3.8, 4) is 0 Å². The molecule has 0 saturated heterocycles. The van der Waals surface area contributed by atoms with E-state index in [4.69, 9.17) is 5.11 Å². The van der Waals surface area contributed by atoms with Gasteiger partial charge in [-0.3, -0.25) is 9.36 Å². The van der Waals surface area contributed by atoms with E-state index in [9.17, 15) is 9.59 Å². The molecule has 1 aromatic rings. The Morgan fingerprint density at radius 1 is 1.54 bits per heavy atom. The maximum Gasteiger partial charge on any atom is 0.325 e. The second kappa shape index (κ2) is 3.47. The highest BCUT2D eigenvalue weighted by atomic mass is 16.4. The topological polar surface area (TPSA) is 75.1 Å². The van der Waals surface area contributed by atoms with Gasteiger partial charge in [0.15, 0.2) is 0 Å². The summed E-state index contributed by atoms with van der Waals surface area (Å²) < 4.78 is 1.43. The van der Waals surface area contributed by atoms with Crippen molar-refractivity contribution in [1.29, 1.82) is 0 Å². The number of carboxylic acid groups (broad SMARTS) is 1. The third-order valence-electron chi connectivity index (χ3n) is 2.04. The average Bonchev–Trinajstić information content (AvgIpc) is 2.24. The standard InChI is InChI=1S/C8H12N2O3/c1-5-6(2)10(8(13)9-5)4-3-7(11)12/h3-4H2,1-2H3,(H,9,13)(H,11,12). The molecule has 72 valence electrons. The number of aryl methyl sites for hydroxylation is 1. The summed E-state index contributed by atoms with van der Waals surface area (Å²) in [5, 5.41) is 8.44. The van der Waals surface area contributed by atoms with Crippen molar-refractivity contribution in [2.75, 3.05) is 0 Å². The minimum Gasteiger partial charge on any atom is -0.481 e. The molecule has 0 atom stereocenters. The Labute approximate surface area is 75.0 Å². The molecule has 1 heterocycles. The van der Waals surface area contributed by atoms with Crippen LogP contribution in [0.25, 0.3) is 0 Å². The third-order valence-corrected chi connectivity index (χ3v) is 2.04. The van der Waals surface area contributed by atoms with Crippen LogP contribution < -0.4 is 5.69 Å². The summed E-state index contributed by atoms with van der Waals surface area (Å²) in [6, 6.07) is 0. The zero-order chi connectivity index (χ0) is 10.0. The molecule has 0 aliphatic carbocycles. The number of nitrogens with zero attached hydrogens (tertiary/aromatic N) is 1. The van der Waals surface area contributed by atoms with Gasteiger partial charge in [0, 0.05) is 17.9 Å². The van der Waals surface area contributed by atoms with Crippen LogP contribution in [0, 0.1) is 13.8 Å². The van der Waals surface area contributed by atoms with Gasteiger partial charge in [-0.25, -0.2) is 4.79 Å². The number of nitrogens with one attached hydrogen (secondary N) is 1. The molecule has 0 unspecified atom stereocenters. The Hall–Kier alpha value is -1.52. The first-order chi connectivity index (χ1) is 6.02. The fourth-order valence-corrected chi connectivity index (χ4v) is 1.15. The van der Waals surface area contributed by atoms with Crippen LogP contribution >= 0.6 is 0 Å². The van der Waals surface area contributed by atoms with Gasteiger partial charge >= 0.3 is 11.7 Å². The second-order valence-electron chi connectivity index (χ2n) is 2.94. The van der Waals surface area contributed by atoms with Crippen molar-refractivity contribution in [2.24, 2.45) is 0 Å². The molecule has 0 radical (unpaired) electrons. The highest BCUT2D eigenvalue weighted by Gasteiger charge is 2.07. The van der Waals surface area contributed by atoms with Gasteiger partial charge in [-0.15, -0.1) is 0 Å². The molecule has 0 spiro atoms. The lowest BCUT2D eigenvalue weighted by molar-refractivity contribution is -0.137. The fourth-order valence-electron chi connectivity index (χ4n) is 1.15. The lowest BCUT2D eigenvalue weighted by Crippen LogP contribution is -2.19. The van der Waals surface area contributed by atoms with E-state index in [1.807, 2.05) is 0 Å². The number of hydrogen-bond acceptors (Lipinski definition) is 2. The summed E-state index contributed by atoms with van der Waals surface area (Å²) in [5.74, 6) is -0.898. The summed E-state index contributed by atoms with van der Waals surface area (Å²) in [4.78, 5) is 24.1. The Morgan fingerprint density at radius 2 is 2.15 bits per heavy atom. The van der Waals surface area contributed by atoms with Crippen LogP contribution in [0.1, 0.15) is 17.8 Å². The maximum absolute atomic E-state index is 11.2. The maximum atomic E-state index is 11.2. The van der Waals surface area contributed by atoms with Crippen LogP contribution in [0.5, 0.6) is 0 Å². The molecular weight excluding hydrogens is 172 g/mol. The van der Waals surface area contributed by atoms with Crippen LogP contribution in [0.4, 0.5) is 0 Å². The van der Waals surface area contributed by atoms with Gasteiger partial charge < -0.3 is 10.1 Å². The predicted molar refractivity (Wildman–Crippen MR) is 46.8 cm³/mol. The van der Waals surface area contributed by atoms with E-state index in [0.717, 1.165) is 11.4 Å². The molecule has 13 heavy (non-hydrogen) atoms. The highest BCUT2D eigenvalue weighted by molar-refractivity contribution is 5.66. The number of carboxylic acids is 1. The molecule has 1 aromatic heterocycles. The summed E-state index contributed by atoms with van der Waals surface area (Å²) in [6.07, 6.45) is -0.0297. The van der Waals surface area contributed by atoms with Crippen molar-refractivity contribution in [3.05, 3.63) is 21.9 Å². The molecule has 0 amide bonds. The van der Waals surface area contributed by atoms with Gasteiger partial charge in [0.25, 0.3) is 0 Å². The van der Waals surface area contributed by atoms with Gasteiger partial charge in [-0.05, 0) is 13.8 Å². The van der Waals surface area contributed by atoms with E-state index >= 15 is 0 Å². The quantitative estimate of drug-likeness (QED) is 0.707. The molecule has 5 heteroatoms. The van der Waals surface area contributed by atoms with E-state index < -0.39 is 5.97 Å². The van der Waals surface area contributed by atoms with E-state index in [-0.39, 0.29) is 18.7 Å². The molecular formula is C8H12N2O3. The number of imidazole rings is 1. The first-order valence-electron chi connectivity index (χ1n) is 4.00. The zero-order valence-electron chi connectivity index (χ0n) is 7.63. The molecule has 0 bridgehead atoms. The molecule has 0 saturated carbocycles. The molecule has 0 fully saturated rings. The van der Waals surface area contributed by atoms with Crippen LogP contribution in [-0.2, 0) is 11.3 Å². The van der Waals surface area contributed by atoms with E-state index in [1.165, 1.54) is 4.57 Å². The van der Waals surface area contributed by atoms with Gasteiger partial charge in [0.1, 0.15) is 0 Å². The van der Waals surface area contributed by atoms with Crippen LogP contribution in [0.2, 0.25) is 0 Å². The first-order valence-corrected chi connectivity index (χ1v) is 4.00. The Bertz CT molecular complexity index is 375. The number of aliphatic carboxylic acids is 1. The van der Waals surface area contributed by atoms with E-state index in [1.54, 1.807) is 13.8 Å². The van der Waals surface area contributed by atoms with Crippen molar-refractivity contribution in [3.63, 3.8) is 0 Å². The monoisotopic (exact) mass is 184 g/mol. The lowest BCUT2D eigenvalue weighted by Gasteiger charge is -2.00. The first kappa shape index (κ1) is 9.57. The molecule has 2 N–H and O–H groups in total. The Kier molecular flexibility index (Phi) is 2.55. The molecule has 5 nitrogen and oxygen atoms in total. The van der Waals surface area contributed by atoms with Gasteiger partial charge in [0.2, 0.25) is 0 Å². The van der Waals surface area contributed by atoms with Crippen LogP contribution in [0.15, 0.2) is 4.79 Å². The number of H-pyrrole nitrogens is 1. The second-order valence-corrected chi connectivity index (χ2v) is 2.94. The van der Waals surface area contributed by atoms with Crippen molar-refractivity contribution in [2.45, 2.75) is 26.8 Å². The average molecular weight is 184 g/mol. The van der Waals surface area contributed by atoms with Gasteiger partial charge in [-0.1, -0.05) is 0 Å². The van der Waals surface area contributed by atoms with Gasteiger partial charge in [-0.2, -0.15) is 0 Å². The van der Waals surface area contributed by atoms with Crippen molar-refractivity contribution >= 4 is 5.97 Å². The largest absolute Gasteiger partial charge is 0.481 e. The van der Waals surface area contributed by atoms with Crippen LogP contribution in [-0.4, -0.2) is 20.6 Å². The fraction of sp³-hybridized carbons (Fsp3) is 0.500. The summed E-state index contributed by atoms with van der Waals surface area (Å²) in [7, 11) is 0. The lowest BCUT2D eigenvalue weighted by atomic mass is 10.3. The zero-order valence-corrected chi connectivity index (χ0v) is 7.63. The van der Waals surface area contributed by atoms with Crippen LogP contribution in [0.3, 0.4) is 0 Å². The minimum absolute atomic E-state index is 0.0297. The molecule has 0 aliphatic heterocycles. The number of aromatic nitrogens is 2. The van der Waals surface area contributed by atoms with Gasteiger partial charge in [0.05, 0.1) is 6.42 Å². The summed E-state index contributed by atoms with van der Waals surface area (Å²) >= 11 is 0. The number of carbonyl (C=O) groups is 1. The molecule has 0 aliphatic rings. The number of rotatable bonds is 3. The highest BCUT2D eigenvalue weighted by Crippen LogP contribution is 2.00. The summed E-state index contributed by atoms with van der Waals surface area (Å²) in [5.41, 5.74) is 1.35. The Morgan fingerprint density at radius 3 is 2.54 bits per heavy atom. The SMILES string of the molecule is Cc1[nH]c(=O)n(CCC(=O)O)c1C. The predicted octanol–water partition coefficient (Wildman–Crippen LogP) is 0.268. The van der Waals surface area contributed by atoms with E-state index in [2.05, 4.69) is 4.98 Å². The smallest absolute Gasteiger partial charge is 0.325 e. The molecule has 1 rings (SSSR count). The Balaban J connectivity index is 2.88. The minimum atomic E-state index is -0.898. The third kappa shape index (κ3) is 1.99. The number of aromatic amines is 1. The number of hydrogen-bond donors (Lipinski definition) is 2. The van der Waals surface area contributed by atoms with Crippen molar-refractivity contribution in [1.82, 2.24) is 9.55 Å².